The molecule has 0 amide bonds. The zero-order valence-electron chi connectivity index (χ0n) is 11.7. The molecule has 0 aliphatic carbocycles. The standard InChI is InChI=1S/C18H17NS2/c1-2-5-15(6-3-1)13-16-8-10-17(11-9-16)21-19-14-18-7-4-12-20-18/h1-12,19H,13-14H2. The second-order valence-electron chi connectivity index (χ2n) is 4.81. The molecule has 0 saturated heterocycles. The highest BCUT2D eigenvalue weighted by Gasteiger charge is 1.98. The Bertz CT molecular complexity index is 645. The van der Waals surface area contributed by atoms with Gasteiger partial charge in [-0.1, -0.05) is 48.5 Å². The van der Waals surface area contributed by atoms with Gasteiger partial charge in [-0.3, -0.25) is 4.72 Å². The highest BCUT2D eigenvalue weighted by molar-refractivity contribution is 7.97. The largest absolute Gasteiger partial charge is 0.255 e. The maximum atomic E-state index is 3.40. The first-order valence-corrected chi connectivity index (χ1v) is 8.65. The third kappa shape index (κ3) is 4.46. The fraction of sp³-hybridized carbons (Fsp3) is 0.111. The monoisotopic (exact) mass is 311 g/mol. The van der Waals surface area contributed by atoms with E-state index in [1.807, 2.05) is 0 Å². The van der Waals surface area contributed by atoms with E-state index in [0.717, 1.165) is 13.0 Å². The zero-order valence-corrected chi connectivity index (χ0v) is 13.3. The lowest BCUT2D eigenvalue weighted by atomic mass is 10.1. The number of hydrogen-bond acceptors (Lipinski definition) is 3. The maximum Gasteiger partial charge on any atom is 0.0407 e. The van der Waals surface area contributed by atoms with Gasteiger partial charge in [0.1, 0.15) is 0 Å². The normalized spacial score (nSPS) is 10.7. The number of rotatable bonds is 6. The average Bonchev–Trinajstić information content (AvgIpc) is 3.03. The van der Waals surface area contributed by atoms with Crippen molar-refractivity contribution in [1.82, 2.24) is 4.72 Å². The Kier molecular flexibility index (Phi) is 5.11. The van der Waals surface area contributed by atoms with E-state index in [0.29, 0.717) is 0 Å². The van der Waals surface area contributed by atoms with Gasteiger partial charge in [-0.15, -0.1) is 11.3 Å². The molecule has 3 rings (SSSR count). The summed E-state index contributed by atoms with van der Waals surface area (Å²) in [4.78, 5) is 2.62. The molecule has 0 spiro atoms. The first-order valence-electron chi connectivity index (χ1n) is 6.95. The molecule has 106 valence electrons. The summed E-state index contributed by atoms with van der Waals surface area (Å²) >= 11 is 3.48. The molecule has 2 aromatic carbocycles. The number of hydrogen-bond donors (Lipinski definition) is 1. The van der Waals surface area contributed by atoms with Crippen molar-refractivity contribution >= 4 is 23.3 Å². The molecular weight excluding hydrogens is 294 g/mol. The van der Waals surface area contributed by atoms with Gasteiger partial charge in [0, 0.05) is 16.3 Å². The Morgan fingerprint density at radius 2 is 1.57 bits per heavy atom. The SMILES string of the molecule is c1ccc(Cc2ccc(SNCc3cccs3)cc2)cc1. The Labute approximate surface area is 134 Å². The quantitative estimate of drug-likeness (QED) is 0.633. The van der Waals surface area contributed by atoms with Crippen molar-refractivity contribution in [2.75, 3.05) is 0 Å². The molecule has 0 radical (unpaired) electrons. The van der Waals surface area contributed by atoms with E-state index in [1.54, 1.807) is 23.3 Å². The number of nitrogens with one attached hydrogen (secondary N) is 1. The van der Waals surface area contributed by atoms with Gasteiger partial charge in [-0.25, -0.2) is 0 Å². The fourth-order valence-electron chi connectivity index (χ4n) is 2.11. The van der Waals surface area contributed by atoms with Crippen LogP contribution in [-0.4, -0.2) is 0 Å². The van der Waals surface area contributed by atoms with Crippen LogP contribution in [0, 0.1) is 0 Å². The molecule has 0 fully saturated rings. The summed E-state index contributed by atoms with van der Waals surface area (Å²) in [7, 11) is 0. The molecule has 0 saturated carbocycles. The third-order valence-electron chi connectivity index (χ3n) is 3.19. The molecule has 3 aromatic rings. The Balaban J connectivity index is 1.52. The summed E-state index contributed by atoms with van der Waals surface area (Å²) in [5, 5.41) is 2.11. The molecule has 3 heteroatoms. The lowest BCUT2D eigenvalue weighted by Gasteiger charge is -2.05. The molecule has 1 heterocycles. The zero-order chi connectivity index (χ0) is 14.3. The van der Waals surface area contributed by atoms with Gasteiger partial charge in [0.15, 0.2) is 0 Å². The van der Waals surface area contributed by atoms with Gasteiger partial charge in [0.2, 0.25) is 0 Å². The van der Waals surface area contributed by atoms with Crippen LogP contribution >= 0.6 is 23.3 Å². The lowest BCUT2D eigenvalue weighted by molar-refractivity contribution is 1.000. The summed E-state index contributed by atoms with van der Waals surface area (Å²) in [5.41, 5.74) is 2.71. The predicted molar refractivity (Wildman–Crippen MR) is 92.7 cm³/mol. The van der Waals surface area contributed by atoms with Crippen molar-refractivity contribution in [2.24, 2.45) is 0 Å². The van der Waals surface area contributed by atoms with Gasteiger partial charge < -0.3 is 0 Å². The smallest absolute Gasteiger partial charge is 0.0407 e. The summed E-state index contributed by atoms with van der Waals surface area (Å²) in [6.07, 6.45) is 0.994. The average molecular weight is 311 g/mol. The van der Waals surface area contributed by atoms with E-state index in [-0.39, 0.29) is 0 Å². The topological polar surface area (TPSA) is 12.0 Å². The molecule has 21 heavy (non-hydrogen) atoms. The van der Waals surface area contributed by atoms with Gasteiger partial charge in [-0.2, -0.15) is 0 Å². The van der Waals surface area contributed by atoms with Crippen molar-refractivity contribution in [2.45, 2.75) is 17.9 Å². The molecular formula is C18H17NS2. The summed E-state index contributed by atoms with van der Waals surface area (Å²) < 4.78 is 3.40. The highest BCUT2D eigenvalue weighted by atomic mass is 32.2. The van der Waals surface area contributed by atoms with Crippen LogP contribution in [-0.2, 0) is 13.0 Å². The molecule has 1 N–H and O–H groups in total. The first kappa shape index (κ1) is 14.4. The van der Waals surface area contributed by atoms with E-state index in [9.17, 15) is 0 Å². The van der Waals surface area contributed by atoms with E-state index in [2.05, 4.69) is 76.8 Å². The summed E-state index contributed by atoms with van der Waals surface area (Å²) in [6.45, 7) is 0.911. The van der Waals surface area contributed by atoms with Crippen molar-refractivity contribution in [3.05, 3.63) is 88.1 Å². The molecule has 0 aliphatic heterocycles. The first-order chi connectivity index (χ1) is 10.4. The van der Waals surface area contributed by atoms with Crippen LogP contribution < -0.4 is 4.72 Å². The van der Waals surface area contributed by atoms with Crippen LogP contribution in [0.4, 0.5) is 0 Å². The van der Waals surface area contributed by atoms with Crippen molar-refractivity contribution in [3.8, 4) is 0 Å². The Hall–Kier alpha value is -1.55. The van der Waals surface area contributed by atoms with Crippen LogP contribution in [0.1, 0.15) is 16.0 Å². The van der Waals surface area contributed by atoms with Crippen molar-refractivity contribution < 1.29 is 0 Å². The Morgan fingerprint density at radius 1 is 0.810 bits per heavy atom. The molecule has 1 nitrogen and oxygen atoms in total. The second-order valence-corrected chi connectivity index (χ2v) is 6.81. The predicted octanol–water partition coefficient (Wildman–Crippen LogP) is 5.14. The highest BCUT2D eigenvalue weighted by Crippen LogP contribution is 2.18. The van der Waals surface area contributed by atoms with Crippen LogP contribution in [0.15, 0.2) is 77.0 Å². The van der Waals surface area contributed by atoms with E-state index < -0.39 is 0 Å². The molecule has 1 aromatic heterocycles. The third-order valence-corrected chi connectivity index (χ3v) is 4.86. The van der Waals surface area contributed by atoms with Gasteiger partial charge in [0.25, 0.3) is 0 Å². The van der Waals surface area contributed by atoms with Crippen molar-refractivity contribution in [1.29, 1.82) is 0 Å². The van der Waals surface area contributed by atoms with Crippen molar-refractivity contribution in [3.63, 3.8) is 0 Å². The van der Waals surface area contributed by atoms with Crippen LogP contribution in [0.3, 0.4) is 0 Å². The summed E-state index contributed by atoms with van der Waals surface area (Å²) in [6, 6.07) is 23.6. The number of thiophene rings is 1. The van der Waals surface area contributed by atoms with Gasteiger partial charge >= 0.3 is 0 Å². The van der Waals surface area contributed by atoms with Crippen LogP contribution in [0.5, 0.6) is 0 Å². The minimum absolute atomic E-state index is 0.911. The molecule has 0 unspecified atom stereocenters. The minimum atomic E-state index is 0.911. The lowest BCUT2D eigenvalue weighted by Crippen LogP contribution is -2.00. The number of benzene rings is 2. The summed E-state index contributed by atoms with van der Waals surface area (Å²) in [5.74, 6) is 0. The van der Waals surface area contributed by atoms with Crippen LogP contribution in [0.25, 0.3) is 0 Å². The maximum absolute atomic E-state index is 3.40. The van der Waals surface area contributed by atoms with Crippen LogP contribution in [0.2, 0.25) is 0 Å². The van der Waals surface area contributed by atoms with Gasteiger partial charge in [-0.05, 0) is 53.1 Å². The molecule has 0 aliphatic rings. The van der Waals surface area contributed by atoms with E-state index >= 15 is 0 Å². The minimum Gasteiger partial charge on any atom is -0.255 e. The Morgan fingerprint density at radius 3 is 2.29 bits per heavy atom. The van der Waals surface area contributed by atoms with E-state index in [4.69, 9.17) is 0 Å². The van der Waals surface area contributed by atoms with Gasteiger partial charge in [0.05, 0.1) is 0 Å². The fourth-order valence-corrected chi connectivity index (χ4v) is 3.51. The molecule has 0 atom stereocenters. The van der Waals surface area contributed by atoms with E-state index in [1.165, 1.54) is 20.9 Å². The molecule has 0 bridgehead atoms. The second kappa shape index (κ2) is 7.46.